The van der Waals surface area contributed by atoms with Crippen molar-refractivity contribution in [3.8, 4) is 0 Å². The number of hydrogen-bond donors (Lipinski definition) is 2. The van der Waals surface area contributed by atoms with E-state index < -0.39 is 6.04 Å². The molecular formula is C12H20N2O2S. The molecule has 1 amide bonds. The van der Waals surface area contributed by atoms with Gasteiger partial charge in [-0.3, -0.25) is 4.79 Å². The van der Waals surface area contributed by atoms with Crippen molar-refractivity contribution in [1.82, 2.24) is 5.32 Å². The first-order chi connectivity index (χ1) is 8.19. The van der Waals surface area contributed by atoms with Gasteiger partial charge < -0.3 is 15.8 Å². The molecule has 3 N–H and O–H groups in total. The molecule has 0 aliphatic heterocycles. The van der Waals surface area contributed by atoms with Crippen molar-refractivity contribution >= 4 is 17.2 Å². The summed E-state index contributed by atoms with van der Waals surface area (Å²) in [6.07, 6.45) is 1.90. The van der Waals surface area contributed by atoms with Gasteiger partial charge in [0.2, 0.25) is 5.91 Å². The maximum Gasteiger partial charge on any atom is 0.242 e. The molecule has 0 radical (unpaired) electrons. The van der Waals surface area contributed by atoms with E-state index in [1.807, 2.05) is 17.5 Å². The number of amides is 1. The van der Waals surface area contributed by atoms with Crippen molar-refractivity contribution < 1.29 is 9.53 Å². The zero-order valence-corrected chi connectivity index (χ0v) is 11.1. The highest BCUT2D eigenvalue weighted by Gasteiger charge is 2.19. The minimum atomic E-state index is -0.578. The van der Waals surface area contributed by atoms with Crippen LogP contribution in [0, 0.1) is 0 Å². The second kappa shape index (κ2) is 7.42. The van der Waals surface area contributed by atoms with E-state index in [9.17, 15) is 4.79 Å². The van der Waals surface area contributed by atoms with Crippen LogP contribution >= 0.6 is 11.3 Å². The topological polar surface area (TPSA) is 64.3 Å². The van der Waals surface area contributed by atoms with E-state index in [1.165, 1.54) is 11.3 Å². The Balaban J connectivity index is 2.51. The summed E-state index contributed by atoms with van der Waals surface area (Å²) in [5, 5.41) is 4.84. The number of nitrogens with one attached hydrogen (secondary N) is 1. The smallest absolute Gasteiger partial charge is 0.242 e. The summed E-state index contributed by atoms with van der Waals surface area (Å²) < 4.78 is 5.07. The van der Waals surface area contributed by atoms with Crippen molar-refractivity contribution in [1.29, 1.82) is 0 Å². The Morgan fingerprint density at radius 1 is 1.65 bits per heavy atom. The van der Waals surface area contributed by atoms with Gasteiger partial charge in [0, 0.05) is 12.0 Å². The molecule has 96 valence electrons. The summed E-state index contributed by atoms with van der Waals surface area (Å²) in [6.45, 7) is 2.60. The van der Waals surface area contributed by atoms with E-state index in [0.29, 0.717) is 6.61 Å². The molecule has 0 aliphatic carbocycles. The maximum atomic E-state index is 11.9. The number of rotatable bonds is 7. The number of carbonyl (C=O) groups excluding carboxylic acids is 1. The largest absolute Gasteiger partial charge is 0.383 e. The minimum Gasteiger partial charge on any atom is -0.383 e. The van der Waals surface area contributed by atoms with Gasteiger partial charge in [-0.2, -0.15) is 0 Å². The number of carbonyl (C=O) groups is 1. The molecule has 0 saturated heterocycles. The van der Waals surface area contributed by atoms with E-state index in [1.54, 1.807) is 7.11 Å². The lowest BCUT2D eigenvalue weighted by Gasteiger charge is -2.19. The number of hydrogen-bond acceptors (Lipinski definition) is 4. The van der Waals surface area contributed by atoms with Crippen LogP contribution in [-0.2, 0) is 9.53 Å². The standard InChI is InChI=1S/C12H20N2O2S/c1-3-5-9(8-16-2)14-12(15)11(13)10-6-4-7-17-10/h4,6-7,9,11H,3,5,8,13H2,1-2H3,(H,14,15). The highest BCUT2D eigenvalue weighted by Crippen LogP contribution is 2.17. The summed E-state index contributed by atoms with van der Waals surface area (Å²) in [7, 11) is 1.63. The molecule has 1 aromatic heterocycles. The lowest BCUT2D eigenvalue weighted by molar-refractivity contribution is -0.123. The Morgan fingerprint density at radius 3 is 2.94 bits per heavy atom. The molecule has 2 atom stereocenters. The molecule has 0 aromatic carbocycles. The third kappa shape index (κ3) is 4.46. The lowest BCUT2D eigenvalue weighted by Crippen LogP contribution is -2.42. The van der Waals surface area contributed by atoms with Crippen molar-refractivity contribution in [2.45, 2.75) is 31.8 Å². The van der Waals surface area contributed by atoms with Crippen molar-refractivity contribution in [3.63, 3.8) is 0 Å². The molecule has 17 heavy (non-hydrogen) atoms. The predicted octanol–water partition coefficient (Wildman–Crippen LogP) is 1.68. The quantitative estimate of drug-likeness (QED) is 0.780. The van der Waals surface area contributed by atoms with Gasteiger partial charge in [-0.25, -0.2) is 0 Å². The molecule has 1 heterocycles. The van der Waals surface area contributed by atoms with Crippen LogP contribution in [0.25, 0.3) is 0 Å². The summed E-state index contributed by atoms with van der Waals surface area (Å²) in [6, 6.07) is 3.24. The van der Waals surface area contributed by atoms with Gasteiger partial charge in [0.05, 0.1) is 12.6 Å². The number of nitrogens with two attached hydrogens (primary N) is 1. The molecule has 1 rings (SSSR count). The average molecular weight is 256 g/mol. The van der Waals surface area contributed by atoms with Crippen LogP contribution < -0.4 is 11.1 Å². The third-order valence-corrected chi connectivity index (χ3v) is 3.44. The van der Waals surface area contributed by atoms with Crippen molar-refractivity contribution in [2.24, 2.45) is 5.73 Å². The Labute approximate surface area is 106 Å². The highest BCUT2D eigenvalue weighted by atomic mass is 32.1. The van der Waals surface area contributed by atoms with Crippen molar-refractivity contribution in [2.75, 3.05) is 13.7 Å². The van der Waals surface area contributed by atoms with E-state index >= 15 is 0 Å². The summed E-state index contributed by atoms with van der Waals surface area (Å²) >= 11 is 1.50. The molecule has 5 heteroatoms. The van der Waals surface area contributed by atoms with Crippen LogP contribution in [-0.4, -0.2) is 25.7 Å². The first-order valence-corrected chi connectivity index (χ1v) is 6.65. The molecule has 0 saturated carbocycles. The summed E-state index contributed by atoms with van der Waals surface area (Å²) in [5.41, 5.74) is 5.88. The Kier molecular flexibility index (Phi) is 6.18. The van der Waals surface area contributed by atoms with Gasteiger partial charge in [0.15, 0.2) is 0 Å². The van der Waals surface area contributed by atoms with Gasteiger partial charge in [-0.15, -0.1) is 11.3 Å². The number of ether oxygens (including phenoxy) is 1. The zero-order chi connectivity index (χ0) is 12.7. The van der Waals surface area contributed by atoms with E-state index in [4.69, 9.17) is 10.5 Å². The van der Waals surface area contributed by atoms with Gasteiger partial charge in [0.25, 0.3) is 0 Å². The first kappa shape index (κ1) is 14.2. The molecule has 0 bridgehead atoms. The lowest BCUT2D eigenvalue weighted by atomic mass is 10.1. The number of methoxy groups -OCH3 is 1. The fraction of sp³-hybridized carbons (Fsp3) is 0.583. The van der Waals surface area contributed by atoms with E-state index in [-0.39, 0.29) is 11.9 Å². The van der Waals surface area contributed by atoms with Crippen LogP contribution in [0.2, 0.25) is 0 Å². The number of thiophene rings is 1. The molecule has 0 spiro atoms. The Morgan fingerprint density at radius 2 is 2.41 bits per heavy atom. The van der Waals surface area contributed by atoms with Gasteiger partial charge >= 0.3 is 0 Å². The SMILES string of the molecule is CCCC(COC)NC(=O)C(N)c1cccs1. The van der Waals surface area contributed by atoms with Crippen LogP contribution in [0.4, 0.5) is 0 Å². The first-order valence-electron chi connectivity index (χ1n) is 5.77. The Bertz CT molecular complexity index is 321. The van der Waals surface area contributed by atoms with Crippen molar-refractivity contribution in [3.05, 3.63) is 22.4 Å². The van der Waals surface area contributed by atoms with Crippen LogP contribution in [0.15, 0.2) is 17.5 Å². The van der Waals surface area contributed by atoms with E-state index in [0.717, 1.165) is 17.7 Å². The second-order valence-electron chi connectivity index (χ2n) is 3.94. The van der Waals surface area contributed by atoms with Gasteiger partial charge in [-0.05, 0) is 17.9 Å². The maximum absolute atomic E-state index is 11.9. The average Bonchev–Trinajstić information content (AvgIpc) is 2.82. The molecule has 0 fully saturated rings. The normalized spacial score (nSPS) is 14.3. The molecule has 2 unspecified atom stereocenters. The summed E-state index contributed by atoms with van der Waals surface area (Å²) in [4.78, 5) is 12.8. The second-order valence-corrected chi connectivity index (χ2v) is 4.92. The van der Waals surface area contributed by atoms with Crippen LogP contribution in [0.3, 0.4) is 0 Å². The fourth-order valence-electron chi connectivity index (χ4n) is 1.64. The Hall–Kier alpha value is -0.910. The van der Waals surface area contributed by atoms with Crippen LogP contribution in [0.1, 0.15) is 30.7 Å². The highest BCUT2D eigenvalue weighted by molar-refractivity contribution is 7.10. The zero-order valence-electron chi connectivity index (χ0n) is 10.3. The molecular weight excluding hydrogens is 236 g/mol. The third-order valence-electron chi connectivity index (χ3n) is 2.48. The predicted molar refractivity (Wildman–Crippen MR) is 70.0 cm³/mol. The fourth-order valence-corrected chi connectivity index (χ4v) is 2.36. The van der Waals surface area contributed by atoms with Gasteiger partial charge in [0.1, 0.15) is 6.04 Å². The summed E-state index contributed by atoms with van der Waals surface area (Å²) in [5.74, 6) is -0.136. The molecule has 1 aromatic rings. The minimum absolute atomic E-state index is 0.0449. The van der Waals surface area contributed by atoms with Crippen LogP contribution in [0.5, 0.6) is 0 Å². The van der Waals surface area contributed by atoms with Gasteiger partial charge in [-0.1, -0.05) is 19.4 Å². The van der Waals surface area contributed by atoms with E-state index in [2.05, 4.69) is 12.2 Å². The monoisotopic (exact) mass is 256 g/mol. The molecule has 4 nitrogen and oxygen atoms in total. The molecule has 0 aliphatic rings.